The van der Waals surface area contributed by atoms with Crippen LogP contribution < -0.4 is 4.74 Å². The molecule has 0 aliphatic carbocycles. The van der Waals surface area contributed by atoms with Gasteiger partial charge in [0.05, 0.1) is 17.4 Å². The van der Waals surface area contributed by atoms with Crippen LogP contribution in [0.4, 0.5) is 14.6 Å². The van der Waals surface area contributed by atoms with Gasteiger partial charge in [-0.15, -0.1) is 0 Å². The fourth-order valence-corrected chi connectivity index (χ4v) is 2.34. The molecule has 0 unspecified atom stereocenters. The van der Waals surface area contributed by atoms with E-state index in [2.05, 4.69) is 9.84 Å². The Labute approximate surface area is 156 Å². The first-order valence-corrected chi connectivity index (χ1v) is 7.94. The van der Waals surface area contributed by atoms with Gasteiger partial charge in [0.15, 0.2) is 5.78 Å². The minimum atomic E-state index is -2.97. The summed E-state index contributed by atoms with van der Waals surface area (Å²) in [5.41, 5.74) is 0.185. The van der Waals surface area contributed by atoms with Gasteiger partial charge < -0.3 is 19.3 Å². The Balaban J connectivity index is 1.64. The minimum Gasteiger partial charge on any atom is -0.460 e. The molecular weight excluding hydrogens is 376 g/mol. The van der Waals surface area contributed by atoms with E-state index in [1.165, 1.54) is 53.4 Å². The molecule has 0 spiro atoms. The molecule has 0 aliphatic heterocycles. The molecule has 3 aromatic rings. The first kappa shape index (κ1) is 19.0. The van der Waals surface area contributed by atoms with Gasteiger partial charge in [-0.1, -0.05) is 12.1 Å². The van der Waals surface area contributed by atoms with Crippen LogP contribution in [0.2, 0.25) is 0 Å². The number of halogens is 2. The molecule has 28 heavy (non-hydrogen) atoms. The monoisotopic (exact) mass is 389 g/mol. The van der Waals surface area contributed by atoms with Crippen molar-refractivity contribution in [3.8, 4) is 5.75 Å². The second-order valence-corrected chi connectivity index (χ2v) is 5.54. The summed E-state index contributed by atoms with van der Waals surface area (Å²) >= 11 is 0. The molecule has 2 heterocycles. The summed E-state index contributed by atoms with van der Waals surface area (Å²) in [4.78, 5) is 22.2. The number of allylic oxidation sites excluding steroid dienone is 1. The molecule has 0 atom stereocenters. The standard InChI is InChI=1S/C18H13F2N3O5/c19-18(20)28-14-3-1-2-12(10-14)16(24)7-6-13-4-5-15(27-13)11-22-9-8-17(21-22)23(25)26/h1-10,18H,11H2/b7-6+. The highest BCUT2D eigenvalue weighted by Gasteiger charge is 2.12. The van der Waals surface area contributed by atoms with Crippen molar-refractivity contribution < 1.29 is 27.7 Å². The van der Waals surface area contributed by atoms with Crippen LogP contribution in [0, 0.1) is 10.1 Å². The van der Waals surface area contributed by atoms with E-state index >= 15 is 0 Å². The van der Waals surface area contributed by atoms with E-state index in [0.29, 0.717) is 11.5 Å². The van der Waals surface area contributed by atoms with Gasteiger partial charge in [0, 0.05) is 5.56 Å². The van der Waals surface area contributed by atoms with Gasteiger partial charge in [-0.3, -0.25) is 4.79 Å². The van der Waals surface area contributed by atoms with Crippen molar-refractivity contribution in [1.82, 2.24) is 9.78 Å². The van der Waals surface area contributed by atoms with Crippen LogP contribution >= 0.6 is 0 Å². The Bertz CT molecular complexity index is 1030. The third kappa shape index (κ3) is 4.87. The lowest BCUT2D eigenvalue weighted by Gasteiger charge is -2.04. The van der Waals surface area contributed by atoms with Crippen LogP contribution in [0.25, 0.3) is 6.08 Å². The van der Waals surface area contributed by atoms with Crippen LogP contribution in [0.5, 0.6) is 5.75 Å². The molecule has 0 N–H and O–H groups in total. The van der Waals surface area contributed by atoms with Gasteiger partial charge >= 0.3 is 12.4 Å². The van der Waals surface area contributed by atoms with E-state index in [-0.39, 0.29) is 23.7 Å². The number of nitro groups is 1. The first-order valence-electron chi connectivity index (χ1n) is 7.94. The normalized spacial score (nSPS) is 11.2. The van der Waals surface area contributed by atoms with Crippen molar-refractivity contribution in [2.45, 2.75) is 13.2 Å². The van der Waals surface area contributed by atoms with Crippen LogP contribution in [0.1, 0.15) is 21.9 Å². The SMILES string of the molecule is O=C(/C=C/c1ccc(Cn2ccc([N+](=O)[O-])n2)o1)c1cccc(OC(F)F)c1. The maximum absolute atomic E-state index is 12.2. The molecule has 8 nitrogen and oxygen atoms in total. The first-order chi connectivity index (χ1) is 13.4. The molecule has 3 rings (SSSR count). The fraction of sp³-hybridized carbons (Fsp3) is 0.111. The number of nitrogens with zero attached hydrogens (tertiary/aromatic N) is 3. The number of alkyl halides is 2. The highest BCUT2D eigenvalue weighted by molar-refractivity contribution is 6.06. The second kappa shape index (κ2) is 8.25. The van der Waals surface area contributed by atoms with E-state index in [0.717, 1.165) is 0 Å². The highest BCUT2D eigenvalue weighted by Crippen LogP contribution is 2.18. The molecule has 2 aromatic heterocycles. The van der Waals surface area contributed by atoms with E-state index in [1.54, 1.807) is 12.1 Å². The predicted molar refractivity (Wildman–Crippen MR) is 93.1 cm³/mol. The summed E-state index contributed by atoms with van der Waals surface area (Å²) in [7, 11) is 0. The maximum atomic E-state index is 12.2. The molecule has 0 bridgehead atoms. The van der Waals surface area contributed by atoms with E-state index < -0.39 is 17.3 Å². The smallest absolute Gasteiger partial charge is 0.389 e. The number of carbonyl (C=O) groups is 1. The van der Waals surface area contributed by atoms with Crippen LogP contribution in [-0.4, -0.2) is 27.1 Å². The Morgan fingerprint density at radius 1 is 1.32 bits per heavy atom. The molecule has 1 aromatic carbocycles. The van der Waals surface area contributed by atoms with Crippen molar-refractivity contribution in [1.29, 1.82) is 0 Å². The van der Waals surface area contributed by atoms with Gasteiger partial charge in [0.2, 0.25) is 0 Å². The molecule has 0 saturated carbocycles. The van der Waals surface area contributed by atoms with Crippen molar-refractivity contribution in [3.63, 3.8) is 0 Å². The topological polar surface area (TPSA) is 100 Å². The Morgan fingerprint density at radius 2 is 2.14 bits per heavy atom. The molecule has 0 radical (unpaired) electrons. The lowest BCUT2D eigenvalue weighted by Crippen LogP contribution is -2.03. The second-order valence-electron chi connectivity index (χ2n) is 5.54. The van der Waals surface area contributed by atoms with Gasteiger partial charge in [0.1, 0.15) is 23.8 Å². The minimum absolute atomic E-state index is 0.108. The van der Waals surface area contributed by atoms with Crippen LogP contribution in [-0.2, 0) is 6.54 Å². The van der Waals surface area contributed by atoms with Gasteiger partial charge in [-0.05, 0) is 41.3 Å². The van der Waals surface area contributed by atoms with Gasteiger partial charge in [0.25, 0.3) is 0 Å². The summed E-state index contributed by atoms with van der Waals surface area (Å²) in [6, 6.07) is 9.99. The Morgan fingerprint density at radius 3 is 2.86 bits per heavy atom. The number of hydrogen-bond acceptors (Lipinski definition) is 6. The largest absolute Gasteiger partial charge is 0.460 e. The zero-order valence-electron chi connectivity index (χ0n) is 14.2. The molecule has 0 aliphatic rings. The summed E-state index contributed by atoms with van der Waals surface area (Å²) in [5, 5.41) is 14.4. The van der Waals surface area contributed by atoms with Crippen molar-refractivity contribution >= 4 is 17.7 Å². The number of carbonyl (C=O) groups excluding carboxylic acids is 1. The number of benzene rings is 1. The molecule has 0 saturated heterocycles. The fourth-order valence-electron chi connectivity index (χ4n) is 2.34. The zero-order valence-corrected chi connectivity index (χ0v) is 14.2. The third-order valence-electron chi connectivity index (χ3n) is 3.56. The van der Waals surface area contributed by atoms with E-state index in [4.69, 9.17) is 4.42 Å². The highest BCUT2D eigenvalue weighted by atomic mass is 19.3. The predicted octanol–water partition coefficient (Wildman–Crippen LogP) is 3.93. The van der Waals surface area contributed by atoms with Crippen LogP contribution in [0.3, 0.4) is 0 Å². The number of ketones is 1. The zero-order chi connectivity index (χ0) is 20.1. The molecule has 0 amide bonds. The number of furan rings is 1. The summed E-state index contributed by atoms with van der Waals surface area (Å²) in [5.74, 6) is 0.0703. The van der Waals surface area contributed by atoms with Gasteiger partial charge in [-0.2, -0.15) is 13.5 Å². The maximum Gasteiger partial charge on any atom is 0.389 e. The number of ether oxygens (including phenoxy) is 1. The number of rotatable bonds is 8. The average Bonchev–Trinajstić information content (AvgIpc) is 3.29. The Kier molecular flexibility index (Phi) is 5.58. The molecular formula is C18H13F2N3O5. The van der Waals surface area contributed by atoms with Crippen molar-refractivity contribution in [3.05, 3.63) is 81.9 Å². The van der Waals surface area contributed by atoms with Crippen molar-refractivity contribution in [2.24, 2.45) is 0 Å². The molecule has 10 heteroatoms. The number of aromatic nitrogens is 2. The summed E-state index contributed by atoms with van der Waals surface area (Å²) in [6.07, 6.45) is 4.12. The summed E-state index contributed by atoms with van der Waals surface area (Å²) in [6.45, 7) is -2.79. The summed E-state index contributed by atoms with van der Waals surface area (Å²) < 4.78 is 35.6. The molecule has 144 valence electrons. The molecule has 0 fully saturated rings. The number of hydrogen-bond donors (Lipinski definition) is 0. The van der Waals surface area contributed by atoms with E-state index in [1.807, 2.05) is 0 Å². The average molecular weight is 389 g/mol. The van der Waals surface area contributed by atoms with E-state index in [9.17, 15) is 23.7 Å². The van der Waals surface area contributed by atoms with Crippen LogP contribution in [0.15, 0.2) is 59.2 Å². The van der Waals surface area contributed by atoms with Gasteiger partial charge in [-0.25, -0.2) is 0 Å². The third-order valence-corrected chi connectivity index (χ3v) is 3.56. The Hall–Kier alpha value is -3.82. The van der Waals surface area contributed by atoms with Crippen molar-refractivity contribution in [2.75, 3.05) is 0 Å². The quantitative estimate of drug-likeness (QED) is 0.250. The lowest BCUT2D eigenvalue weighted by atomic mass is 10.1. The lowest BCUT2D eigenvalue weighted by molar-refractivity contribution is -0.389.